The van der Waals surface area contributed by atoms with E-state index < -0.39 is 42.9 Å². The van der Waals surface area contributed by atoms with Gasteiger partial charge in [-0.3, -0.25) is 4.79 Å². The molecule has 9 heteroatoms. The number of sulfonamides is 1. The summed E-state index contributed by atoms with van der Waals surface area (Å²) in [6.45, 7) is 3.28. The zero-order valence-electron chi connectivity index (χ0n) is 9.87. The minimum atomic E-state index is -4.16. The fourth-order valence-electron chi connectivity index (χ4n) is 1.15. The Morgan fingerprint density at radius 3 is 2.06 bits per heavy atom. The SMILES string of the molecule is CCC(C)C(NS(=O)(=O)CS(C)(=O)=O)C(=O)O. The fraction of sp³-hybridized carbons (Fsp3) is 0.875. The number of sulfone groups is 1. The van der Waals surface area contributed by atoms with E-state index in [1.807, 2.05) is 4.72 Å². The largest absolute Gasteiger partial charge is 0.480 e. The highest BCUT2D eigenvalue weighted by molar-refractivity contribution is 8.06. The van der Waals surface area contributed by atoms with Crippen molar-refractivity contribution in [1.29, 1.82) is 0 Å². The summed E-state index contributed by atoms with van der Waals surface area (Å²) in [5.41, 5.74) is 0. The number of hydrogen-bond acceptors (Lipinski definition) is 5. The molecule has 7 nitrogen and oxygen atoms in total. The number of hydrogen-bond donors (Lipinski definition) is 2. The van der Waals surface area contributed by atoms with Gasteiger partial charge < -0.3 is 5.11 Å². The highest BCUT2D eigenvalue weighted by Gasteiger charge is 2.30. The summed E-state index contributed by atoms with van der Waals surface area (Å²) >= 11 is 0. The quantitative estimate of drug-likeness (QED) is 0.646. The maximum absolute atomic E-state index is 11.4. The van der Waals surface area contributed by atoms with E-state index in [0.717, 1.165) is 6.26 Å². The molecule has 0 aromatic rings. The Hall–Kier alpha value is -0.670. The van der Waals surface area contributed by atoms with Gasteiger partial charge >= 0.3 is 5.97 Å². The Bertz CT molecular complexity index is 466. The van der Waals surface area contributed by atoms with Gasteiger partial charge in [-0.05, 0) is 5.92 Å². The van der Waals surface area contributed by atoms with Crippen molar-refractivity contribution in [3.63, 3.8) is 0 Å². The number of nitrogens with one attached hydrogen (secondary N) is 1. The molecule has 0 saturated heterocycles. The molecule has 0 amide bonds. The lowest BCUT2D eigenvalue weighted by Gasteiger charge is -2.19. The number of aliphatic carboxylic acids is 1. The molecule has 0 saturated carbocycles. The van der Waals surface area contributed by atoms with Crippen LogP contribution < -0.4 is 4.72 Å². The number of rotatable bonds is 7. The fourth-order valence-corrected chi connectivity index (χ4v) is 4.40. The van der Waals surface area contributed by atoms with Crippen LogP contribution in [0.3, 0.4) is 0 Å². The van der Waals surface area contributed by atoms with Gasteiger partial charge in [0.25, 0.3) is 0 Å². The summed E-state index contributed by atoms with van der Waals surface area (Å²) < 4.78 is 46.5. The van der Waals surface area contributed by atoms with E-state index in [2.05, 4.69) is 0 Å². The van der Waals surface area contributed by atoms with Crippen LogP contribution in [0.2, 0.25) is 0 Å². The molecule has 0 rings (SSSR count). The number of carbonyl (C=O) groups is 1. The van der Waals surface area contributed by atoms with Gasteiger partial charge in [0.15, 0.2) is 14.9 Å². The van der Waals surface area contributed by atoms with Crippen LogP contribution in [-0.2, 0) is 24.7 Å². The molecule has 0 aromatic heterocycles. The molecule has 17 heavy (non-hydrogen) atoms. The molecule has 102 valence electrons. The summed E-state index contributed by atoms with van der Waals surface area (Å²) in [5.74, 6) is -1.75. The third-order valence-corrected chi connectivity index (χ3v) is 5.72. The monoisotopic (exact) mass is 287 g/mol. The van der Waals surface area contributed by atoms with Crippen molar-refractivity contribution >= 4 is 25.8 Å². The Morgan fingerprint density at radius 2 is 1.76 bits per heavy atom. The predicted molar refractivity (Wildman–Crippen MR) is 62.6 cm³/mol. The van der Waals surface area contributed by atoms with Crippen LogP contribution in [0.1, 0.15) is 20.3 Å². The Labute approximate surface area is 101 Å². The summed E-state index contributed by atoms with van der Waals surface area (Å²) in [5, 5.41) is 7.75. The van der Waals surface area contributed by atoms with Gasteiger partial charge in [0.2, 0.25) is 10.0 Å². The Balaban J connectivity index is 4.95. The van der Waals surface area contributed by atoms with Gasteiger partial charge in [0.05, 0.1) is 0 Å². The molecular weight excluding hydrogens is 270 g/mol. The first-order chi connectivity index (χ1) is 7.48. The van der Waals surface area contributed by atoms with Crippen LogP contribution in [0.25, 0.3) is 0 Å². The van der Waals surface area contributed by atoms with Gasteiger partial charge in [0, 0.05) is 6.26 Å². The maximum atomic E-state index is 11.4. The van der Waals surface area contributed by atoms with Crippen molar-refractivity contribution in [2.45, 2.75) is 26.3 Å². The minimum Gasteiger partial charge on any atom is -0.480 e. The number of carboxylic acids is 1. The standard InChI is InChI=1S/C8H17NO6S2/c1-4-6(2)7(8(10)11)9-17(14,15)5-16(3,12)13/h6-7,9H,4-5H2,1-3H3,(H,10,11). The molecule has 0 fully saturated rings. The molecule has 0 aliphatic rings. The van der Waals surface area contributed by atoms with Crippen LogP contribution in [0.15, 0.2) is 0 Å². The van der Waals surface area contributed by atoms with E-state index in [-0.39, 0.29) is 0 Å². The summed E-state index contributed by atoms with van der Waals surface area (Å²) in [7, 11) is -7.89. The van der Waals surface area contributed by atoms with E-state index in [9.17, 15) is 21.6 Å². The normalized spacial score (nSPS) is 16.4. The van der Waals surface area contributed by atoms with Crippen molar-refractivity contribution in [3.8, 4) is 0 Å². The van der Waals surface area contributed by atoms with E-state index >= 15 is 0 Å². The van der Waals surface area contributed by atoms with Gasteiger partial charge in [-0.15, -0.1) is 0 Å². The van der Waals surface area contributed by atoms with Crippen molar-refractivity contribution in [3.05, 3.63) is 0 Å². The molecule has 0 bridgehead atoms. The van der Waals surface area contributed by atoms with Gasteiger partial charge in [-0.1, -0.05) is 20.3 Å². The average Bonchev–Trinajstić information content (AvgIpc) is 2.08. The molecule has 2 unspecified atom stereocenters. The topological polar surface area (TPSA) is 118 Å². The molecule has 0 aromatic carbocycles. The Morgan fingerprint density at radius 1 is 1.29 bits per heavy atom. The molecule has 0 aliphatic carbocycles. The van der Waals surface area contributed by atoms with Crippen molar-refractivity contribution in [1.82, 2.24) is 4.72 Å². The smallest absolute Gasteiger partial charge is 0.322 e. The molecule has 2 atom stereocenters. The van der Waals surface area contributed by atoms with E-state index in [1.165, 1.54) is 0 Å². The molecule has 0 spiro atoms. The summed E-state index contributed by atoms with van der Waals surface area (Å²) in [6, 6.07) is -1.31. The van der Waals surface area contributed by atoms with Crippen LogP contribution in [0, 0.1) is 5.92 Å². The van der Waals surface area contributed by atoms with E-state index in [4.69, 9.17) is 5.11 Å². The molecular formula is C8H17NO6S2. The van der Waals surface area contributed by atoms with Crippen LogP contribution in [0.5, 0.6) is 0 Å². The average molecular weight is 287 g/mol. The molecule has 2 N–H and O–H groups in total. The summed E-state index contributed by atoms with van der Waals surface area (Å²) in [6.07, 6.45) is 1.23. The second kappa shape index (κ2) is 5.78. The van der Waals surface area contributed by atoms with Crippen molar-refractivity contribution in [2.24, 2.45) is 5.92 Å². The Kier molecular flexibility index (Phi) is 5.56. The first kappa shape index (κ1) is 16.3. The number of carboxylic acid groups (broad SMARTS) is 1. The van der Waals surface area contributed by atoms with E-state index in [0.29, 0.717) is 6.42 Å². The van der Waals surface area contributed by atoms with Crippen LogP contribution >= 0.6 is 0 Å². The first-order valence-corrected chi connectivity index (χ1v) is 8.60. The second-order valence-electron chi connectivity index (χ2n) is 3.98. The van der Waals surface area contributed by atoms with Gasteiger partial charge in [0.1, 0.15) is 6.04 Å². The summed E-state index contributed by atoms with van der Waals surface area (Å²) in [4.78, 5) is 10.9. The van der Waals surface area contributed by atoms with Crippen molar-refractivity contribution < 1.29 is 26.7 Å². The third kappa shape index (κ3) is 6.59. The molecule has 0 heterocycles. The maximum Gasteiger partial charge on any atom is 0.322 e. The lowest BCUT2D eigenvalue weighted by Crippen LogP contribution is -2.46. The zero-order chi connectivity index (χ0) is 13.9. The molecule has 0 radical (unpaired) electrons. The lowest BCUT2D eigenvalue weighted by atomic mass is 10.0. The lowest BCUT2D eigenvalue weighted by molar-refractivity contribution is -0.140. The highest BCUT2D eigenvalue weighted by Crippen LogP contribution is 2.09. The molecule has 0 aliphatic heterocycles. The van der Waals surface area contributed by atoms with Crippen LogP contribution in [-0.4, -0.2) is 45.3 Å². The minimum absolute atomic E-state index is 0.429. The third-order valence-electron chi connectivity index (χ3n) is 2.15. The van der Waals surface area contributed by atoms with Gasteiger partial charge in [-0.2, -0.15) is 4.72 Å². The van der Waals surface area contributed by atoms with Crippen molar-refractivity contribution in [2.75, 3.05) is 11.3 Å². The van der Waals surface area contributed by atoms with Crippen LogP contribution in [0.4, 0.5) is 0 Å². The first-order valence-electron chi connectivity index (χ1n) is 4.89. The second-order valence-corrected chi connectivity index (χ2v) is 8.24. The van der Waals surface area contributed by atoms with Gasteiger partial charge in [-0.25, -0.2) is 16.8 Å². The highest BCUT2D eigenvalue weighted by atomic mass is 32.3. The zero-order valence-corrected chi connectivity index (χ0v) is 11.5. The van der Waals surface area contributed by atoms with E-state index in [1.54, 1.807) is 13.8 Å². The predicted octanol–water partition coefficient (Wildman–Crippen LogP) is -0.593.